The molecular weight excluding hydrogens is 557 g/mol. The van der Waals surface area contributed by atoms with Gasteiger partial charge in [-0.25, -0.2) is 4.57 Å². The van der Waals surface area contributed by atoms with Gasteiger partial charge in [-0.05, 0) is 51.4 Å². The average molecular weight is 610 g/mol. The van der Waals surface area contributed by atoms with Crippen molar-refractivity contribution in [2.45, 2.75) is 90.6 Å². The fourth-order valence-corrected chi connectivity index (χ4v) is 3.90. The normalized spacial score (nSPS) is 14.7. The molecule has 238 valence electrons. The second-order valence-corrected chi connectivity index (χ2v) is 10.8. The van der Waals surface area contributed by atoms with Gasteiger partial charge in [0.05, 0.1) is 13.2 Å². The molecule has 2 unspecified atom stereocenters. The van der Waals surface area contributed by atoms with Gasteiger partial charge >= 0.3 is 13.8 Å². The van der Waals surface area contributed by atoms with Crippen LogP contribution >= 0.6 is 7.82 Å². The van der Waals surface area contributed by atoms with Gasteiger partial charge in [-0.2, -0.15) is 0 Å². The third kappa shape index (κ3) is 29.0. The standard InChI is InChI=1S/C32H52NO8P/c1-3-5-7-8-9-10-11-12-13-14-15-16-17-18-19-20-21-22-23-25-32(36)39-28-30(34)29-41-42(37,38)40-27-26-33-31(35)24-6-4-2/h5,7,9-10,12-13,15-16,18-19,21-22,30,34H,3-4,6,8,11,14,17,20,23-29H2,1-2H3,(H,33,35)(H,37,38)/b7-5-,10-9-,13-12-,16-15-,19-18-,22-21-. The van der Waals surface area contributed by atoms with Crippen molar-refractivity contribution >= 4 is 19.7 Å². The number of ether oxygens (including phenoxy) is 1. The van der Waals surface area contributed by atoms with E-state index in [1.807, 2.05) is 19.1 Å². The van der Waals surface area contributed by atoms with Gasteiger partial charge in [-0.3, -0.25) is 18.6 Å². The number of unbranched alkanes of at least 4 members (excludes halogenated alkanes) is 1. The number of aliphatic hydroxyl groups is 1. The molecule has 0 aromatic rings. The number of allylic oxidation sites excluding steroid dienone is 12. The number of esters is 1. The maximum absolute atomic E-state index is 11.8. The summed E-state index contributed by atoms with van der Waals surface area (Å²) in [5, 5.41) is 12.4. The summed E-state index contributed by atoms with van der Waals surface area (Å²) in [6.45, 7) is 3.04. The molecule has 0 aromatic heterocycles. The summed E-state index contributed by atoms with van der Waals surface area (Å²) in [6.07, 6.45) is 32.4. The molecule has 0 spiro atoms. The molecule has 0 aliphatic carbocycles. The van der Waals surface area contributed by atoms with Crippen LogP contribution in [-0.2, 0) is 27.9 Å². The van der Waals surface area contributed by atoms with Crippen LogP contribution in [0.25, 0.3) is 0 Å². The van der Waals surface area contributed by atoms with E-state index in [0.717, 1.165) is 51.4 Å². The van der Waals surface area contributed by atoms with Crippen LogP contribution in [0.3, 0.4) is 0 Å². The Morgan fingerprint density at radius 3 is 1.81 bits per heavy atom. The van der Waals surface area contributed by atoms with E-state index in [0.29, 0.717) is 12.8 Å². The topological polar surface area (TPSA) is 131 Å². The van der Waals surface area contributed by atoms with E-state index in [4.69, 9.17) is 13.8 Å². The van der Waals surface area contributed by atoms with Gasteiger partial charge in [0.15, 0.2) is 0 Å². The summed E-state index contributed by atoms with van der Waals surface area (Å²) < 4.78 is 26.2. The van der Waals surface area contributed by atoms with E-state index >= 15 is 0 Å². The van der Waals surface area contributed by atoms with Gasteiger partial charge in [-0.15, -0.1) is 0 Å². The van der Waals surface area contributed by atoms with Crippen LogP contribution in [0.2, 0.25) is 0 Å². The van der Waals surface area contributed by atoms with Crippen LogP contribution in [0.5, 0.6) is 0 Å². The molecule has 42 heavy (non-hydrogen) atoms. The van der Waals surface area contributed by atoms with Crippen molar-refractivity contribution in [1.29, 1.82) is 0 Å². The van der Waals surface area contributed by atoms with Crippen LogP contribution in [0.4, 0.5) is 0 Å². The number of phosphoric acid groups is 1. The molecule has 9 nitrogen and oxygen atoms in total. The van der Waals surface area contributed by atoms with E-state index in [1.54, 1.807) is 0 Å². The Hall–Kier alpha value is -2.55. The first-order valence-corrected chi connectivity index (χ1v) is 16.4. The lowest BCUT2D eigenvalue weighted by molar-refractivity contribution is -0.147. The Labute approximate surface area is 252 Å². The lowest BCUT2D eigenvalue weighted by Crippen LogP contribution is -2.27. The Morgan fingerprint density at radius 1 is 0.762 bits per heavy atom. The third-order valence-electron chi connectivity index (χ3n) is 5.41. The lowest BCUT2D eigenvalue weighted by atomic mass is 10.2. The van der Waals surface area contributed by atoms with Gasteiger partial charge in [0, 0.05) is 19.4 Å². The molecule has 0 fully saturated rings. The fraction of sp³-hybridized carbons (Fsp3) is 0.562. The minimum absolute atomic E-state index is 0.0629. The number of carbonyl (C=O) groups is 2. The molecule has 3 N–H and O–H groups in total. The van der Waals surface area contributed by atoms with E-state index in [-0.39, 0.29) is 32.1 Å². The van der Waals surface area contributed by atoms with E-state index in [2.05, 4.69) is 73.0 Å². The van der Waals surface area contributed by atoms with Crippen molar-refractivity contribution in [3.05, 3.63) is 72.9 Å². The van der Waals surface area contributed by atoms with Gasteiger partial charge in [0.25, 0.3) is 0 Å². The Morgan fingerprint density at radius 2 is 1.29 bits per heavy atom. The zero-order valence-electron chi connectivity index (χ0n) is 25.4. The second-order valence-electron chi connectivity index (χ2n) is 9.34. The molecule has 0 saturated heterocycles. The molecule has 10 heteroatoms. The van der Waals surface area contributed by atoms with Crippen LogP contribution < -0.4 is 5.32 Å². The number of carbonyl (C=O) groups excluding carboxylic acids is 2. The zero-order valence-corrected chi connectivity index (χ0v) is 26.3. The molecule has 0 aromatic carbocycles. The summed E-state index contributed by atoms with van der Waals surface area (Å²) in [5.74, 6) is -0.650. The number of hydrogen-bond donors (Lipinski definition) is 3. The van der Waals surface area contributed by atoms with Gasteiger partial charge < -0.3 is 20.1 Å². The maximum atomic E-state index is 11.8. The van der Waals surface area contributed by atoms with Crippen LogP contribution in [0.15, 0.2) is 72.9 Å². The minimum Gasteiger partial charge on any atom is -0.463 e. The van der Waals surface area contributed by atoms with Crippen molar-refractivity contribution in [3.63, 3.8) is 0 Å². The number of rotatable bonds is 26. The van der Waals surface area contributed by atoms with Crippen molar-refractivity contribution in [2.24, 2.45) is 0 Å². The first kappa shape index (κ1) is 39.5. The van der Waals surface area contributed by atoms with Gasteiger partial charge in [0.2, 0.25) is 5.91 Å². The molecule has 0 saturated carbocycles. The highest BCUT2D eigenvalue weighted by Gasteiger charge is 2.23. The maximum Gasteiger partial charge on any atom is 0.472 e. The van der Waals surface area contributed by atoms with E-state index < -0.39 is 26.5 Å². The number of nitrogens with one attached hydrogen (secondary N) is 1. The highest BCUT2D eigenvalue weighted by Crippen LogP contribution is 2.42. The van der Waals surface area contributed by atoms with Gasteiger partial charge in [-0.1, -0.05) is 93.2 Å². The monoisotopic (exact) mass is 609 g/mol. The Kier molecular flexibility index (Phi) is 26.8. The predicted molar refractivity (Wildman–Crippen MR) is 169 cm³/mol. The lowest BCUT2D eigenvalue weighted by Gasteiger charge is -2.15. The largest absolute Gasteiger partial charge is 0.472 e. The first-order chi connectivity index (χ1) is 20.3. The Balaban J connectivity index is 3.81. The quantitative estimate of drug-likeness (QED) is 0.0422. The molecular formula is C32H52NO8P. The smallest absolute Gasteiger partial charge is 0.463 e. The summed E-state index contributed by atoms with van der Waals surface area (Å²) >= 11 is 0. The third-order valence-corrected chi connectivity index (χ3v) is 6.40. The summed E-state index contributed by atoms with van der Waals surface area (Å²) in [7, 11) is -4.40. The first-order valence-electron chi connectivity index (χ1n) is 14.9. The van der Waals surface area contributed by atoms with Crippen LogP contribution in [-0.4, -0.2) is 54.3 Å². The minimum atomic E-state index is -4.40. The summed E-state index contributed by atoms with van der Waals surface area (Å²) in [6, 6.07) is 0. The summed E-state index contributed by atoms with van der Waals surface area (Å²) in [5.41, 5.74) is 0. The van der Waals surface area contributed by atoms with E-state index in [1.165, 1.54) is 0 Å². The van der Waals surface area contributed by atoms with E-state index in [9.17, 15) is 24.2 Å². The van der Waals surface area contributed by atoms with Crippen molar-refractivity contribution in [3.8, 4) is 0 Å². The second kappa shape index (κ2) is 28.6. The molecule has 2 atom stereocenters. The fourth-order valence-electron chi connectivity index (χ4n) is 3.14. The number of aliphatic hydroxyl groups excluding tert-OH is 1. The van der Waals surface area contributed by atoms with Crippen molar-refractivity contribution in [1.82, 2.24) is 5.32 Å². The van der Waals surface area contributed by atoms with Gasteiger partial charge in [0.1, 0.15) is 12.7 Å². The molecule has 0 radical (unpaired) electrons. The molecule has 0 rings (SSSR count). The number of phosphoric ester groups is 1. The zero-order chi connectivity index (χ0) is 31.2. The molecule has 0 bridgehead atoms. The highest BCUT2D eigenvalue weighted by molar-refractivity contribution is 7.47. The number of amides is 1. The highest BCUT2D eigenvalue weighted by atomic mass is 31.2. The predicted octanol–water partition coefficient (Wildman–Crippen LogP) is 6.81. The molecule has 0 heterocycles. The van der Waals surface area contributed by atoms with Crippen LogP contribution in [0, 0.1) is 0 Å². The summed E-state index contributed by atoms with van der Waals surface area (Å²) in [4.78, 5) is 32.9. The SMILES string of the molecule is CC/C=C\C/C=C\C/C=C\C/C=C\C/C=C\C/C=C\CCC(=O)OCC(O)COP(=O)(O)OCCNC(=O)CCCC. The van der Waals surface area contributed by atoms with Crippen LogP contribution in [0.1, 0.15) is 84.5 Å². The molecule has 1 amide bonds. The molecule has 0 aliphatic heterocycles. The molecule has 0 aliphatic rings. The average Bonchev–Trinajstić information content (AvgIpc) is 2.97. The number of hydrogen-bond acceptors (Lipinski definition) is 7. The van der Waals surface area contributed by atoms with Crippen molar-refractivity contribution < 1.29 is 37.9 Å². The van der Waals surface area contributed by atoms with Crippen molar-refractivity contribution in [2.75, 3.05) is 26.4 Å². The Bertz CT molecular complexity index is 923.